The quantitative estimate of drug-likeness (QED) is 0.838. The lowest BCUT2D eigenvalue weighted by molar-refractivity contribution is -0.113. The Kier molecular flexibility index (Phi) is 4.42. The minimum Gasteiger partial charge on any atom is -0.432 e. The predicted octanol–water partition coefficient (Wildman–Crippen LogP) is 2.60. The van der Waals surface area contributed by atoms with Crippen LogP contribution in [0.4, 0.5) is 18.9 Å². The summed E-state index contributed by atoms with van der Waals surface area (Å²) in [5, 5.41) is 2.26. The molecule has 0 atom stereocenters. The number of halogens is 4. The molecule has 0 spiro atoms. The molecular formula is C9H7ClF3NO2. The smallest absolute Gasteiger partial charge is 0.387 e. The van der Waals surface area contributed by atoms with Gasteiger partial charge in [-0.25, -0.2) is 4.39 Å². The summed E-state index contributed by atoms with van der Waals surface area (Å²) < 4.78 is 40.6. The molecule has 0 aliphatic carbocycles. The van der Waals surface area contributed by atoms with Gasteiger partial charge in [0.05, 0.1) is 0 Å². The zero-order chi connectivity index (χ0) is 12.1. The van der Waals surface area contributed by atoms with E-state index in [1.807, 2.05) is 0 Å². The Bertz CT molecular complexity index is 387. The van der Waals surface area contributed by atoms with Crippen LogP contribution in [-0.4, -0.2) is 18.4 Å². The first-order valence-corrected chi connectivity index (χ1v) is 4.66. The summed E-state index contributed by atoms with van der Waals surface area (Å²) in [5.74, 6) is -2.38. The van der Waals surface area contributed by atoms with E-state index >= 15 is 0 Å². The van der Waals surface area contributed by atoms with Crippen molar-refractivity contribution < 1.29 is 22.7 Å². The van der Waals surface area contributed by atoms with Gasteiger partial charge in [0.25, 0.3) is 0 Å². The monoisotopic (exact) mass is 253 g/mol. The molecule has 3 nitrogen and oxygen atoms in total. The average Bonchev–Trinajstić information content (AvgIpc) is 2.21. The lowest BCUT2D eigenvalue weighted by Crippen LogP contribution is -2.13. The number of hydrogen-bond acceptors (Lipinski definition) is 2. The number of nitrogens with one attached hydrogen (secondary N) is 1. The maximum absolute atomic E-state index is 13.1. The van der Waals surface area contributed by atoms with E-state index in [4.69, 9.17) is 11.6 Å². The summed E-state index contributed by atoms with van der Waals surface area (Å²) in [6.07, 6.45) is 0. The van der Waals surface area contributed by atoms with Crippen molar-refractivity contribution in [2.75, 3.05) is 11.2 Å². The highest BCUT2D eigenvalue weighted by molar-refractivity contribution is 6.29. The Morgan fingerprint density at radius 3 is 2.69 bits per heavy atom. The third-order valence-electron chi connectivity index (χ3n) is 1.55. The van der Waals surface area contributed by atoms with Crippen molar-refractivity contribution in [2.24, 2.45) is 0 Å². The normalized spacial score (nSPS) is 10.3. The van der Waals surface area contributed by atoms with E-state index in [1.54, 1.807) is 0 Å². The summed E-state index contributed by atoms with van der Waals surface area (Å²) in [6.45, 7) is -3.10. The first-order chi connectivity index (χ1) is 7.52. The number of carbonyl (C=O) groups excluding carboxylic acids is 1. The van der Waals surface area contributed by atoms with Gasteiger partial charge < -0.3 is 10.1 Å². The van der Waals surface area contributed by atoms with Crippen molar-refractivity contribution in [3.8, 4) is 5.75 Å². The van der Waals surface area contributed by atoms with Crippen LogP contribution < -0.4 is 10.1 Å². The molecule has 0 unspecified atom stereocenters. The molecule has 0 aliphatic heterocycles. The summed E-state index contributed by atoms with van der Waals surface area (Å²) >= 11 is 5.21. The molecule has 16 heavy (non-hydrogen) atoms. The summed E-state index contributed by atoms with van der Waals surface area (Å²) in [7, 11) is 0. The predicted molar refractivity (Wildman–Crippen MR) is 52.4 cm³/mol. The number of benzene rings is 1. The van der Waals surface area contributed by atoms with E-state index in [9.17, 15) is 18.0 Å². The lowest BCUT2D eigenvalue weighted by Gasteiger charge is -2.07. The average molecular weight is 254 g/mol. The maximum atomic E-state index is 13.1. The summed E-state index contributed by atoms with van der Waals surface area (Å²) in [6, 6.07) is 3.08. The van der Waals surface area contributed by atoms with Gasteiger partial charge in [-0.15, -0.1) is 11.6 Å². The molecule has 0 aromatic heterocycles. The van der Waals surface area contributed by atoms with Crippen LogP contribution in [0.15, 0.2) is 18.2 Å². The molecule has 0 saturated carbocycles. The van der Waals surface area contributed by atoms with Gasteiger partial charge in [0.1, 0.15) is 5.88 Å². The van der Waals surface area contributed by atoms with E-state index in [-0.39, 0.29) is 11.6 Å². The number of alkyl halides is 3. The van der Waals surface area contributed by atoms with Crippen LogP contribution in [0, 0.1) is 5.82 Å². The molecule has 0 bridgehead atoms. The SMILES string of the molecule is O=C(CCl)Nc1ccc(OC(F)F)c(F)c1. The standard InChI is InChI=1S/C9H7ClF3NO2/c10-4-8(15)14-5-1-2-7(6(11)3-5)16-9(12)13/h1-3,9H,4H2,(H,14,15). The number of rotatable bonds is 4. The van der Waals surface area contributed by atoms with Crippen LogP contribution in [0.3, 0.4) is 0 Å². The van der Waals surface area contributed by atoms with Gasteiger partial charge in [0.15, 0.2) is 11.6 Å². The first-order valence-electron chi connectivity index (χ1n) is 4.13. The van der Waals surface area contributed by atoms with Crippen LogP contribution in [0.25, 0.3) is 0 Å². The second kappa shape index (κ2) is 5.60. The Labute approximate surface area is 94.2 Å². The molecule has 0 fully saturated rings. The third kappa shape index (κ3) is 3.62. The van der Waals surface area contributed by atoms with Gasteiger partial charge in [-0.05, 0) is 12.1 Å². The Morgan fingerprint density at radius 1 is 1.50 bits per heavy atom. The molecule has 1 amide bonds. The molecule has 7 heteroatoms. The first kappa shape index (κ1) is 12.6. The van der Waals surface area contributed by atoms with Crippen molar-refractivity contribution in [1.29, 1.82) is 0 Å². The Balaban J connectivity index is 2.78. The highest BCUT2D eigenvalue weighted by Crippen LogP contribution is 2.22. The van der Waals surface area contributed by atoms with E-state index in [0.29, 0.717) is 0 Å². The number of amides is 1. The van der Waals surface area contributed by atoms with Gasteiger partial charge in [-0.2, -0.15) is 8.78 Å². The number of carbonyl (C=O) groups is 1. The van der Waals surface area contributed by atoms with Crippen molar-refractivity contribution >= 4 is 23.2 Å². The molecule has 0 radical (unpaired) electrons. The molecule has 88 valence electrons. The molecule has 1 rings (SSSR count). The fourth-order valence-corrected chi connectivity index (χ4v) is 1.03. The van der Waals surface area contributed by atoms with Crippen molar-refractivity contribution in [2.45, 2.75) is 6.61 Å². The molecule has 0 saturated heterocycles. The van der Waals surface area contributed by atoms with E-state index < -0.39 is 24.1 Å². The van der Waals surface area contributed by atoms with Crippen LogP contribution in [0.1, 0.15) is 0 Å². The Hall–Kier alpha value is -1.43. The highest BCUT2D eigenvalue weighted by Gasteiger charge is 2.10. The number of hydrogen-bond donors (Lipinski definition) is 1. The minimum absolute atomic E-state index is 0.116. The number of ether oxygens (including phenoxy) is 1. The minimum atomic E-state index is -3.10. The van der Waals surface area contributed by atoms with E-state index in [1.165, 1.54) is 6.07 Å². The van der Waals surface area contributed by atoms with Gasteiger partial charge in [-0.1, -0.05) is 0 Å². The van der Waals surface area contributed by atoms with Crippen LogP contribution >= 0.6 is 11.6 Å². The molecule has 1 N–H and O–H groups in total. The second-order valence-electron chi connectivity index (χ2n) is 2.71. The third-order valence-corrected chi connectivity index (χ3v) is 1.80. The van der Waals surface area contributed by atoms with Gasteiger partial charge in [0.2, 0.25) is 5.91 Å². The van der Waals surface area contributed by atoms with Crippen molar-refractivity contribution in [3.63, 3.8) is 0 Å². The van der Waals surface area contributed by atoms with Gasteiger partial charge in [0, 0.05) is 11.8 Å². The maximum Gasteiger partial charge on any atom is 0.387 e. The molecular weight excluding hydrogens is 247 g/mol. The summed E-state index contributed by atoms with van der Waals surface area (Å²) in [5.41, 5.74) is 0.116. The highest BCUT2D eigenvalue weighted by atomic mass is 35.5. The van der Waals surface area contributed by atoms with Crippen LogP contribution in [-0.2, 0) is 4.79 Å². The zero-order valence-corrected chi connectivity index (χ0v) is 8.60. The topological polar surface area (TPSA) is 38.3 Å². The van der Waals surface area contributed by atoms with Crippen LogP contribution in [0.2, 0.25) is 0 Å². The summed E-state index contributed by atoms with van der Waals surface area (Å²) in [4.78, 5) is 10.8. The lowest BCUT2D eigenvalue weighted by atomic mass is 10.3. The molecule has 0 aliphatic rings. The van der Waals surface area contributed by atoms with Gasteiger partial charge >= 0.3 is 6.61 Å². The largest absolute Gasteiger partial charge is 0.432 e. The van der Waals surface area contributed by atoms with Crippen LogP contribution in [0.5, 0.6) is 5.75 Å². The number of anilines is 1. The fraction of sp³-hybridized carbons (Fsp3) is 0.222. The van der Waals surface area contributed by atoms with Gasteiger partial charge in [-0.3, -0.25) is 4.79 Å². The zero-order valence-electron chi connectivity index (χ0n) is 7.84. The van der Waals surface area contributed by atoms with E-state index in [0.717, 1.165) is 12.1 Å². The molecule has 1 aromatic carbocycles. The van der Waals surface area contributed by atoms with Crippen molar-refractivity contribution in [1.82, 2.24) is 0 Å². The fourth-order valence-electron chi connectivity index (χ4n) is 0.965. The van der Waals surface area contributed by atoms with Crippen molar-refractivity contribution in [3.05, 3.63) is 24.0 Å². The Morgan fingerprint density at radius 2 is 2.19 bits per heavy atom. The van der Waals surface area contributed by atoms with E-state index in [2.05, 4.69) is 10.1 Å². The molecule has 1 aromatic rings. The molecule has 0 heterocycles. The second-order valence-corrected chi connectivity index (χ2v) is 2.97.